The summed E-state index contributed by atoms with van der Waals surface area (Å²) < 4.78 is 54.1. The molecular formula is C11H8ClF4NO3. The third-order valence-electron chi connectivity index (χ3n) is 2.21. The van der Waals surface area contributed by atoms with Crippen LogP contribution in [-0.4, -0.2) is 31.3 Å². The molecule has 110 valence electrons. The van der Waals surface area contributed by atoms with Crippen LogP contribution in [0, 0.1) is 0 Å². The molecule has 0 bridgehead atoms. The summed E-state index contributed by atoms with van der Waals surface area (Å²) in [6.45, 7) is 0. The lowest BCUT2D eigenvalue weighted by Crippen LogP contribution is -2.41. The lowest BCUT2D eigenvalue weighted by molar-refractivity contribution is -0.163. The van der Waals surface area contributed by atoms with Crippen molar-refractivity contribution in [3.63, 3.8) is 0 Å². The van der Waals surface area contributed by atoms with E-state index in [0.717, 1.165) is 19.2 Å². The van der Waals surface area contributed by atoms with E-state index in [-0.39, 0.29) is 10.6 Å². The van der Waals surface area contributed by atoms with Gasteiger partial charge in [0.1, 0.15) is 0 Å². The number of hydrogen-bond donors (Lipinski definition) is 1. The first kappa shape index (κ1) is 16.2. The molecule has 0 atom stereocenters. The minimum Gasteiger partial charge on any atom is -0.465 e. The first-order valence-corrected chi connectivity index (χ1v) is 5.43. The van der Waals surface area contributed by atoms with Crippen LogP contribution in [0.3, 0.4) is 0 Å². The molecule has 1 aromatic carbocycles. The molecule has 0 spiro atoms. The lowest BCUT2D eigenvalue weighted by atomic mass is 10.1. The molecule has 0 saturated carbocycles. The molecule has 0 aromatic heterocycles. The van der Waals surface area contributed by atoms with Crippen molar-refractivity contribution in [3.8, 4) is 0 Å². The summed E-state index contributed by atoms with van der Waals surface area (Å²) in [5.74, 6) is -8.09. The van der Waals surface area contributed by atoms with Crippen LogP contribution in [0.2, 0.25) is 5.02 Å². The van der Waals surface area contributed by atoms with Crippen LogP contribution in [-0.2, 0) is 9.53 Å². The molecule has 0 radical (unpaired) electrons. The number of amides is 1. The van der Waals surface area contributed by atoms with Gasteiger partial charge in [-0.3, -0.25) is 4.79 Å². The zero-order chi connectivity index (χ0) is 15.5. The summed E-state index contributed by atoms with van der Waals surface area (Å²) in [6.07, 6.45) is -4.17. The van der Waals surface area contributed by atoms with Crippen molar-refractivity contribution in [3.05, 3.63) is 28.8 Å². The molecule has 0 heterocycles. The number of hydrogen-bond acceptors (Lipinski definition) is 3. The second-order valence-corrected chi connectivity index (χ2v) is 4.00. The standard InChI is InChI=1S/C11H8ClF4NO3/c1-20-8(18)6-4-5(12)2-3-7(6)17-10(19)11(15,16)9(13)14/h2-4,9H,1H3,(H,17,19). The molecule has 20 heavy (non-hydrogen) atoms. The predicted octanol–water partition coefficient (Wildman–Crippen LogP) is 2.97. The maximum atomic E-state index is 12.8. The second kappa shape index (κ2) is 6.08. The van der Waals surface area contributed by atoms with Gasteiger partial charge in [-0.25, -0.2) is 13.6 Å². The molecule has 9 heteroatoms. The van der Waals surface area contributed by atoms with Gasteiger partial charge in [0.05, 0.1) is 18.4 Å². The fourth-order valence-electron chi connectivity index (χ4n) is 1.21. The highest BCUT2D eigenvalue weighted by molar-refractivity contribution is 6.31. The minimum absolute atomic E-state index is 0.0732. The van der Waals surface area contributed by atoms with E-state index in [9.17, 15) is 27.2 Å². The number of alkyl halides is 4. The molecule has 0 saturated heterocycles. The molecular weight excluding hydrogens is 306 g/mol. The largest absolute Gasteiger partial charge is 0.465 e. The second-order valence-electron chi connectivity index (χ2n) is 3.56. The molecule has 0 unspecified atom stereocenters. The van der Waals surface area contributed by atoms with Crippen LogP contribution < -0.4 is 5.32 Å². The van der Waals surface area contributed by atoms with Gasteiger partial charge in [0.15, 0.2) is 0 Å². The molecule has 0 fully saturated rings. The lowest BCUT2D eigenvalue weighted by Gasteiger charge is -2.16. The van der Waals surface area contributed by atoms with Crippen molar-refractivity contribution in [2.75, 3.05) is 12.4 Å². The Morgan fingerprint density at radius 3 is 2.45 bits per heavy atom. The number of benzene rings is 1. The normalized spacial score (nSPS) is 11.3. The van der Waals surface area contributed by atoms with E-state index in [1.54, 1.807) is 5.32 Å². The quantitative estimate of drug-likeness (QED) is 0.687. The molecule has 1 aromatic rings. The number of carbonyl (C=O) groups is 2. The van der Waals surface area contributed by atoms with Crippen molar-refractivity contribution >= 4 is 29.2 Å². The third-order valence-corrected chi connectivity index (χ3v) is 2.45. The highest BCUT2D eigenvalue weighted by atomic mass is 35.5. The van der Waals surface area contributed by atoms with E-state index >= 15 is 0 Å². The maximum absolute atomic E-state index is 12.8. The molecule has 1 amide bonds. The van der Waals surface area contributed by atoms with E-state index in [4.69, 9.17) is 11.6 Å². The number of ether oxygens (including phenoxy) is 1. The van der Waals surface area contributed by atoms with Crippen molar-refractivity contribution in [1.82, 2.24) is 0 Å². The highest BCUT2D eigenvalue weighted by Crippen LogP contribution is 2.27. The molecule has 0 aliphatic rings. The Kier molecular flexibility index (Phi) is 4.93. The molecule has 0 aliphatic heterocycles. The van der Waals surface area contributed by atoms with Crippen LogP contribution in [0.25, 0.3) is 0 Å². The van der Waals surface area contributed by atoms with E-state index in [0.29, 0.717) is 0 Å². The van der Waals surface area contributed by atoms with Gasteiger partial charge in [0, 0.05) is 5.02 Å². The SMILES string of the molecule is COC(=O)c1cc(Cl)ccc1NC(=O)C(F)(F)C(F)F. The summed E-state index contributed by atoms with van der Waals surface area (Å²) in [7, 11) is 1.02. The van der Waals surface area contributed by atoms with E-state index in [1.165, 1.54) is 6.07 Å². The smallest absolute Gasteiger partial charge is 0.383 e. The average Bonchev–Trinajstić information content (AvgIpc) is 2.39. The summed E-state index contributed by atoms with van der Waals surface area (Å²) in [5, 5.41) is 1.62. The van der Waals surface area contributed by atoms with Crippen LogP contribution in [0.5, 0.6) is 0 Å². The average molecular weight is 314 g/mol. The number of methoxy groups -OCH3 is 1. The Morgan fingerprint density at radius 2 is 1.95 bits per heavy atom. The Balaban J connectivity index is 3.10. The number of nitrogens with one attached hydrogen (secondary N) is 1. The van der Waals surface area contributed by atoms with Crippen molar-refractivity contribution in [2.24, 2.45) is 0 Å². The number of carbonyl (C=O) groups excluding carboxylic acids is 2. The molecule has 1 N–H and O–H groups in total. The third kappa shape index (κ3) is 3.38. The summed E-state index contributed by atoms with van der Waals surface area (Å²) >= 11 is 5.61. The van der Waals surface area contributed by atoms with Gasteiger partial charge >= 0.3 is 24.2 Å². The van der Waals surface area contributed by atoms with E-state index in [2.05, 4.69) is 4.74 Å². The highest BCUT2D eigenvalue weighted by Gasteiger charge is 2.49. The van der Waals surface area contributed by atoms with Crippen molar-refractivity contribution in [1.29, 1.82) is 0 Å². The van der Waals surface area contributed by atoms with Gasteiger partial charge in [-0.1, -0.05) is 11.6 Å². The fraction of sp³-hybridized carbons (Fsp3) is 0.273. The summed E-state index contributed by atoms with van der Waals surface area (Å²) in [5.41, 5.74) is -0.745. The van der Waals surface area contributed by atoms with Gasteiger partial charge in [-0.2, -0.15) is 8.78 Å². The number of rotatable bonds is 4. The Morgan fingerprint density at radius 1 is 1.35 bits per heavy atom. The predicted molar refractivity (Wildman–Crippen MR) is 62.4 cm³/mol. The molecule has 1 rings (SSSR count). The van der Waals surface area contributed by atoms with Crippen LogP contribution in [0.1, 0.15) is 10.4 Å². The number of esters is 1. The van der Waals surface area contributed by atoms with Crippen molar-refractivity contribution in [2.45, 2.75) is 12.3 Å². The zero-order valence-electron chi connectivity index (χ0n) is 9.92. The maximum Gasteiger partial charge on any atom is 0.383 e. The zero-order valence-corrected chi connectivity index (χ0v) is 10.7. The van der Waals surface area contributed by atoms with E-state index in [1.807, 2.05) is 0 Å². The van der Waals surface area contributed by atoms with Crippen LogP contribution in [0.15, 0.2) is 18.2 Å². The van der Waals surface area contributed by atoms with Gasteiger partial charge in [-0.05, 0) is 18.2 Å². The van der Waals surface area contributed by atoms with Gasteiger partial charge in [-0.15, -0.1) is 0 Å². The molecule has 4 nitrogen and oxygen atoms in total. The van der Waals surface area contributed by atoms with Gasteiger partial charge in [0.25, 0.3) is 0 Å². The van der Waals surface area contributed by atoms with Crippen LogP contribution in [0.4, 0.5) is 23.2 Å². The Labute approximate surface area is 115 Å². The number of anilines is 1. The van der Waals surface area contributed by atoms with Gasteiger partial charge in [0.2, 0.25) is 0 Å². The summed E-state index contributed by atoms with van der Waals surface area (Å²) in [6, 6.07) is 3.25. The topological polar surface area (TPSA) is 55.4 Å². The minimum atomic E-state index is -4.88. The first-order chi connectivity index (χ1) is 9.20. The Hall–Kier alpha value is -1.83. The first-order valence-electron chi connectivity index (χ1n) is 5.05. The van der Waals surface area contributed by atoms with Crippen LogP contribution >= 0.6 is 11.6 Å². The Bertz CT molecular complexity index is 536. The molecule has 0 aliphatic carbocycles. The fourth-order valence-corrected chi connectivity index (χ4v) is 1.38. The van der Waals surface area contributed by atoms with Gasteiger partial charge < -0.3 is 10.1 Å². The monoisotopic (exact) mass is 313 g/mol. The summed E-state index contributed by atoms with van der Waals surface area (Å²) in [4.78, 5) is 22.5. The number of halogens is 5. The van der Waals surface area contributed by atoms with E-state index < -0.39 is 29.9 Å². The van der Waals surface area contributed by atoms with Crippen molar-refractivity contribution < 1.29 is 31.9 Å².